The number of likely N-dealkylation sites (N-methyl/N-ethyl adjacent to an activating group) is 1. The number of aromatic amines is 1. The number of hydrogen-bond donors (Lipinski definition) is 11. The van der Waals surface area contributed by atoms with Crippen molar-refractivity contribution < 1.29 is 48.6 Å². The van der Waals surface area contributed by atoms with Crippen molar-refractivity contribution in [3.8, 4) is 5.75 Å². The van der Waals surface area contributed by atoms with Crippen LogP contribution in [0.25, 0.3) is 10.9 Å². The number of nitrogens with one attached hydrogen (secondary N) is 7. The van der Waals surface area contributed by atoms with Gasteiger partial charge >= 0.3 is 5.97 Å². The highest BCUT2D eigenvalue weighted by Gasteiger charge is 2.38. The van der Waals surface area contributed by atoms with Crippen LogP contribution < -0.4 is 43.4 Å². The molecule has 4 aromatic rings. The number of para-hydroxylation sites is 1. The number of carbonyl (C=O) groups is 8. The Morgan fingerprint density at radius 2 is 1.36 bits per heavy atom. The van der Waals surface area contributed by atoms with Crippen LogP contribution in [0.4, 0.5) is 0 Å². The molecule has 5 rings (SSSR count). The van der Waals surface area contributed by atoms with Crippen molar-refractivity contribution >= 4 is 79.8 Å². The number of carbonyl (C=O) groups excluding carboxylic acids is 7. The minimum absolute atomic E-state index is 0.0344. The lowest BCUT2D eigenvalue weighted by molar-refractivity contribution is -0.144. The minimum Gasteiger partial charge on any atom is -0.508 e. The maximum Gasteiger partial charge on any atom is 0.326 e. The fraction of sp³-hybridized carbons (Fsp3) is 0.440. The number of hydrogen-bond acceptors (Lipinski definition) is 13. The quantitative estimate of drug-likeness (QED) is 0.0556. The molecular weight excluding hydrogens is 965 g/mol. The van der Waals surface area contributed by atoms with E-state index in [1.807, 2.05) is 24.3 Å². The third kappa shape index (κ3) is 16.2. The first-order valence-corrected chi connectivity index (χ1v) is 26.2. The van der Waals surface area contributed by atoms with E-state index in [1.54, 1.807) is 62.5 Å². The van der Waals surface area contributed by atoms with Crippen LogP contribution in [0.15, 0.2) is 85.1 Å². The Morgan fingerprint density at radius 3 is 2.01 bits per heavy atom. The van der Waals surface area contributed by atoms with Crippen molar-refractivity contribution in [1.82, 2.24) is 41.8 Å². The number of aromatic nitrogens is 1. The van der Waals surface area contributed by atoms with Crippen LogP contribution in [0, 0.1) is 5.92 Å². The van der Waals surface area contributed by atoms with Gasteiger partial charge in [0.25, 0.3) is 0 Å². The number of carboxylic acid groups (broad SMARTS) is 1. The van der Waals surface area contributed by atoms with Gasteiger partial charge in [-0.3, -0.25) is 33.6 Å². The smallest absolute Gasteiger partial charge is 0.326 e. The lowest BCUT2D eigenvalue weighted by atomic mass is 9.99. The summed E-state index contributed by atoms with van der Waals surface area (Å²) in [5.74, 6) is -7.53. The monoisotopic (exact) mass is 1030 g/mol. The molecule has 0 bridgehead atoms. The second kappa shape index (κ2) is 27.3. The van der Waals surface area contributed by atoms with Gasteiger partial charge in [-0.25, -0.2) is 4.79 Å². The molecule has 1 aliphatic heterocycles. The number of aliphatic carboxylic acids is 1. The molecule has 388 valence electrons. The number of nitrogens with two attached hydrogens (primary N) is 2. The number of nitrogens with zero attached hydrogens (tertiary/aromatic N) is 1. The van der Waals surface area contributed by atoms with Crippen molar-refractivity contribution in [3.05, 3.63) is 102 Å². The molecule has 0 unspecified atom stereocenters. The largest absolute Gasteiger partial charge is 0.508 e. The highest BCUT2D eigenvalue weighted by Crippen LogP contribution is 2.25. The predicted molar refractivity (Wildman–Crippen MR) is 276 cm³/mol. The topological polar surface area (TPSA) is 320 Å². The van der Waals surface area contributed by atoms with Crippen LogP contribution in [-0.4, -0.2) is 141 Å². The molecule has 1 saturated heterocycles. The summed E-state index contributed by atoms with van der Waals surface area (Å²) < 4.78 is 0. The summed E-state index contributed by atoms with van der Waals surface area (Å²) >= 11 is 0. The molecular formula is C50H66N10O10S2. The van der Waals surface area contributed by atoms with E-state index < -0.39 is 102 Å². The van der Waals surface area contributed by atoms with Gasteiger partial charge in [-0.15, -0.1) is 0 Å². The zero-order chi connectivity index (χ0) is 52.5. The first kappa shape index (κ1) is 56.3. The van der Waals surface area contributed by atoms with E-state index >= 15 is 0 Å². The second-order valence-corrected chi connectivity index (χ2v) is 20.7. The van der Waals surface area contributed by atoms with Crippen molar-refractivity contribution in [3.63, 3.8) is 0 Å². The number of amides is 7. The first-order chi connectivity index (χ1) is 34.4. The number of benzene rings is 3. The summed E-state index contributed by atoms with van der Waals surface area (Å²) in [6, 6.07) is 11.8. The fourth-order valence-electron chi connectivity index (χ4n) is 7.95. The maximum atomic E-state index is 14.9. The summed E-state index contributed by atoms with van der Waals surface area (Å²) in [5, 5.41) is 37.2. The molecule has 1 aliphatic rings. The van der Waals surface area contributed by atoms with Gasteiger partial charge in [-0.1, -0.05) is 96.1 Å². The van der Waals surface area contributed by atoms with E-state index in [0.717, 1.165) is 32.5 Å². The number of phenolic OH excluding ortho intramolecular Hbond substituents is 1. The summed E-state index contributed by atoms with van der Waals surface area (Å²) in [4.78, 5) is 117. The first-order valence-electron chi connectivity index (χ1n) is 23.7. The van der Waals surface area contributed by atoms with Crippen LogP contribution in [0.1, 0.15) is 56.7 Å². The van der Waals surface area contributed by atoms with E-state index in [1.165, 1.54) is 31.0 Å². The lowest BCUT2D eigenvalue weighted by Gasteiger charge is -2.33. The fourth-order valence-corrected chi connectivity index (χ4v) is 10.3. The third-order valence-electron chi connectivity index (χ3n) is 12.2. The summed E-state index contributed by atoms with van der Waals surface area (Å²) in [7, 11) is 3.47. The predicted octanol–water partition coefficient (Wildman–Crippen LogP) is 1.25. The molecule has 13 N–H and O–H groups in total. The van der Waals surface area contributed by atoms with E-state index in [9.17, 15) is 48.6 Å². The average Bonchev–Trinajstić information content (AvgIpc) is 3.76. The molecule has 3 aromatic carbocycles. The Labute approximate surface area is 426 Å². The van der Waals surface area contributed by atoms with Gasteiger partial charge in [0.1, 0.15) is 48.0 Å². The van der Waals surface area contributed by atoms with Crippen LogP contribution in [0.2, 0.25) is 0 Å². The molecule has 1 aromatic heterocycles. The van der Waals surface area contributed by atoms with Crippen molar-refractivity contribution in [2.24, 2.45) is 17.4 Å². The molecule has 2 heterocycles. The highest BCUT2D eigenvalue weighted by molar-refractivity contribution is 8.76. The van der Waals surface area contributed by atoms with E-state index in [0.29, 0.717) is 29.5 Å². The van der Waals surface area contributed by atoms with Gasteiger partial charge in [0.2, 0.25) is 41.4 Å². The number of aromatic hydroxyl groups is 1. The third-order valence-corrected chi connectivity index (χ3v) is 14.6. The molecule has 0 spiro atoms. The summed E-state index contributed by atoms with van der Waals surface area (Å²) in [6.45, 7) is 4.92. The number of fused-ring (bicyclic) bond motifs is 1. The Morgan fingerprint density at radius 1 is 0.750 bits per heavy atom. The standard InChI is InChI=1S/C50H66N10O10S2/c1-28(2)42(50(69)70)59-47(66)40-27-72-71-26-39(57-43(62)29(3)52)46(65)55-37(22-30-12-6-5-7-13-30)44(63)56-38(24-32-25-53-35-15-9-8-14-34(32)35)45(64)54-36(16-10-11-21-51)49(68)60(4)41(48(67)58-40)23-31-17-19-33(61)20-18-31/h5-9,12-15,17-20,25,28-29,36-42,53,61H,10-11,16,21-24,26-27,51-52H2,1-4H3,(H,54,64)(H,55,65)(H,56,63)(H,57,62)(H,58,67)(H,59,66)(H,69,70)/t29-,36-,37-,38-,39-,40-,41-,42-/m0/s1. The molecule has 72 heavy (non-hydrogen) atoms. The van der Waals surface area contributed by atoms with E-state index in [2.05, 4.69) is 36.9 Å². The van der Waals surface area contributed by atoms with E-state index in [4.69, 9.17) is 11.5 Å². The maximum absolute atomic E-state index is 14.9. The van der Waals surface area contributed by atoms with Gasteiger partial charge in [-0.05, 0) is 73.5 Å². The van der Waals surface area contributed by atoms with Crippen molar-refractivity contribution in [1.29, 1.82) is 0 Å². The van der Waals surface area contributed by atoms with Gasteiger partial charge < -0.3 is 63.5 Å². The van der Waals surface area contributed by atoms with Crippen molar-refractivity contribution in [2.45, 2.75) is 108 Å². The number of unbranched alkanes of at least 4 members (excludes halogenated alkanes) is 1. The van der Waals surface area contributed by atoms with Crippen LogP contribution >= 0.6 is 21.6 Å². The molecule has 0 aliphatic carbocycles. The van der Waals surface area contributed by atoms with Gasteiger partial charge in [-0.2, -0.15) is 0 Å². The highest BCUT2D eigenvalue weighted by atomic mass is 33.1. The normalized spacial score (nSPS) is 21.9. The molecule has 20 nitrogen and oxygen atoms in total. The zero-order valence-corrected chi connectivity index (χ0v) is 42.4. The molecule has 7 amide bonds. The molecule has 0 radical (unpaired) electrons. The zero-order valence-electron chi connectivity index (χ0n) is 40.7. The summed E-state index contributed by atoms with van der Waals surface area (Å²) in [6.07, 6.45) is 2.40. The average molecular weight is 1030 g/mol. The second-order valence-electron chi connectivity index (χ2n) is 18.1. The molecule has 0 saturated carbocycles. The van der Waals surface area contributed by atoms with Gasteiger partial charge in [0.15, 0.2) is 0 Å². The van der Waals surface area contributed by atoms with Crippen LogP contribution in [0.3, 0.4) is 0 Å². The van der Waals surface area contributed by atoms with Crippen LogP contribution in [-0.2, 0) is 57.6 Å². The number of rotatable bonds is 16. The van der Waals surface area contributed by atoms with Gasteiger partial charge in [0.05, 0.1) is 6.04 Å². The van der Waals surface area contributed by atoms with Crippen molar-refractivity contribution in [2.75, 3.05) is 25.1 Å². The molecule has 8 atom stereocenters. The molecule has 22 heteroatoms. The molecule has 1 fully saturated rings. The van der Waals surface area contributed by atoms with Crippen LogP contribution in [0.5, 0.6) is 5.75 Å². The Bertz CT molecular complexity index is 2510. The Hall–Kier alpha value is -6.62. The number of H-pyrrole nitrogens is 1. The van der Waals surface area contributed by atoms with E-state index in [-0.39, 0.29) is 49.5 Å². The Kier molecular flexibility index (Phi) is 21.3. The van der Waals surface area contributed by atoms with Gasteiger partial charge in [0, 0.05) is 54.9 Å². The number of carboxylic acids is 1. The Balaban J connectivity index is 1.63. The lowest BCUT2D eigenvalue weighted by Crippen LogP contribution is -2.61. The summed E-state index contributed by atoms with van der Waals surface area (Å²) in [5.41, 5.74) is 14.4. The minimum atomic E-state index is -1.41. The SMILES string of the molecule is CC(C)[C@H](NC(=O)[C@@H]1CSSC[C@H](NC(=O)[C@H](C)N)C(=O)N[C@@H](Cc2ccccc2)C(=O)N[C@@H](Cc2c[nH]c3ccccc23)C(=O)N[C@@H](CCCCN)C(=O)N(C)[C@@H](Cc2ccc(O)cc2)C(=O)N1)C(=O)O. The number of phenols is 1.